The molecular weight excluding hydrogens is 238 g/mol. The van der Waals surface area contributed by atoms with E-state index in [4.69, 9.17) is 12.2 Å². The van der Waals surface area contributed by atoms with Crippen LogP contribution < -0.4 is 0 Å². The van der Waals surface area contributed by atoms with Crippen molar-refractivity contribution in [2.45, 2.75) is 39.2 Å². The third-order valence-corrected chi connectivity index (χ3v) is 3.82. The van der Waals surface area contributed by atoms with Crippen molar-refractivity contribution in [3.05, 3.63) is 48.2 Å². The second-order valence-electron chi connectivity index (χ2n) is 4.96. The monoisotopic (exact) mass is 259 g/mol. The first-order chi connectivity index (χ1) is 8.79. The first kappa shape index (κ1) is 13.3. The SMILES string of the molecule is CCCCC1C=CN(Cc2ccccc2)C(=S)C1. The lowest BCUT2D eigenvalue weighted by Gasteiger charge is -2.28. The quantitative estimate of drug-likeness (QED) is 0.714. The van der Waals surface area contributed by atoms with Crippen molar-refractivity contribution in [3.8, 4) is 0 Å². The minimum atomic E-state index is 0.657. The topological polar surface area (TPSA) is 3.24 Å². The molecule has 0 saturated carbocycles. The number of benzene rings is 1. The molecule has 1 aliphatic heterocycles. The summed E-state index contributed by atoms with van der Waals surface area (Å²) in [5, 5.41) is 0. The van der Waals surface area contributed by atoms with Crippen LogP contribution in [0.25, 0.3) is 0 Å². The molecule has 0 aromatic heterocycles. The van der Waals surface area contributed by atoms with Gasteiger partial charge in [-0.25, -0.2) is 0 Å². The van der Waals surface area contributed by atoms with Gasteiger partial charge in [-0.1, -0.05) is 68.4 Å². The lowest BCUT2D eigenvalue weighted by Crippen LogP contribution is -2.29. The normalized spacial score (nSPS) is 19.3. The van der Waals surface area contributed by atoms with Crippen LogP contribution in [0.4, 0.5) is 0 Å². The van der Waals surface area contributed by atoms with Crippen LogP contribution in [0.15, 0.2) is 42.6 Å². The number of hydrogen-bond acceptors (Lipinski definition) is 1. The fourth-order valence-electron chi connectivity index (χ4n) is 2.30. The van der Waals surface area contributed by atoms with Gasteiger partial charge in [-0.05, 0) is 17.9 Å². The van der Waals surface area contributed by atoms with Crippen LogP contribution in [0.5, 0.6) is 0 Å². The van der Waals surface area contributed by atoms with E-state index >= 15 is 0 Å². The summed E-state index contributed by atoms with van der Waals surface area (Å²) in [4.78, 5) is 3.29. The number of nitrogens with zero attached hydrogens (tertiary/aromatic N) is 1. The van der Waals surface area contributed by atoms with Gasteiger partial charge in [0.15, 0.2) is 0 Å². The molecule has 1 nitrogen and oxygen atoms in total. The molecule has 1 unspecified atom stereocenters. The van der Waals surface area contributed by atoms with Crippen LogP contribution in [0, 0.1) is 5.92 Å². The maximum Gasteiger partial charge on any atom is 0.0827 e. The van der Waals surface area contributed by atoms with Gasteiger partial charge in [0.25, 0.3) is 0 Å². The molecule has 0 bridgehead atoms. The Balaban J connectivity index is 1.93. The molecule has 18 heavy (non-hydrogen) atoms. The summed E-state index contributed by atoms with van der Waals surface area (Å²) in [5.74, 6) is 0.657. The molecule has 1 aliphatic rings. The molecule has 0 amide bonds. The molecule has 1 atom stereocenters. The number of rotatable bonds is 5. The Bertz CT molecular complexity index is 410. The fourth-order valence-corrected chi connectivity index (χ4v) is 2.64. The van der Waals surface area contributed by atoms with Crippen molar-refractivity contribution in [1.29, 1.82) is 0 Å². The zero-order valence-electron chi connectivity index (χ0n) is 11.0. The maximum absolute atomic E-state index is 5.53. The molecule has 1 heterocycles. The molecule has 0 fully saturated rings. The first-order valence-electron chi connectivity index (χ1n) is 6.81. The smallest absolute Gasteiger partial charge is 0.0827 e. The molecule has 1 aromatic carbocycles. The van der Waals surface area contributed by atoms with Gasteiger partial charge in [-0.15, -0.1) is 0 Å². The van der Waals surface area contributed by atoms with Crippen molar-refractivity contribution >= 4 is 17.2 Å². The molecule has 0 N–H and O–H groups in total. The third-order valence-electron chi connectivity index (χ3n) is 3.42. The predicted molar refractivity (Wildman–Crippen MR) is 81.4 cm³/mol. The van der Waals surface area contributed by atoms with Gasteiger partial charge in [-0.2, -0.15) is 0 Å². The Hall–Kier alpha value is -1.15. The van der Waals surface area contributed by atoms with Gasteiger partial charge in [0, 0.05) is 19.2 Å². The number of hydrogen-bond donors (Lipinski definition) is 0. The van der Waals surface area contributed by atoms with E-state index in [0.29, 0.717) is 5.92 Å². The predicted octanol–water partition coefficient (Wildman–Crippen LogP) is 4.54. The van der Waals surface area contributed by atoms with Gasteiger partial charge in [-0.3, -0.25) is 0 Å². The highest BCUT2D eigenvalue weighted by molar-refractivity contribution is 7.80. The maximum atomic E-state index is 5.53. The number of thiocarbonyl (C=S) groups is 1. The summed E-state index contributed by atoms with van der Waals surface area (Å²) in [6.45, 7) is 3.14. The molecule has 0 spiro atoms. The van der Waals surface area contributed by atoms with Crippen molar-refractivity contribution in [3.63, 3.8) is 0 Å². The molecule has 96 valence electrons. The van der Waals surface area contributed by atoms with Gasteiger partial charge >= 0.3 is 0 Å². The average Bonchev–Trinajstić information content (AvgIpc) is 2.40. The minimum absolute atomic E-state index is 0.657. The van der Waals surface area contributed by atoms with Gasteiger partial charge in [0.05, 0.1) is 4.99 Å². The molecule has 0 radical (unpaired) electrons. The van der Waals surface area contributed by atoms with Crippen molar-refractivity contribution in [2.75, 3.05) is 0 Å². The average molecular weight is 259 g/mol. The lowest BCUT2D eigenvalue weighted by atomic mass is 9.96. The van der Waals surface area contributed by atoms with Crippen molar-refractivity contribution < 1.29 is 0 Å². The molecular formula is C16H21NS. The second kappa shape index (κ2) is 6.69. The molecule has 2 rings (SSSR count). The van der Waals surface area contributed by atoms with Crippen LogP contribution in [-0.4, -0.2) is 9.89 Å². The highest BCUT2D eigenvalue weighted by Crippen LogP contribution is 2.23. The first-order valence-corrected chi connectivity index (χ1v) is 7.22. The molecule has 0 aliphatic carbocycles. The van der Waals surface area contributed by atoms with Crippen molar-refractivity contribution in [1.82, 2.24) is 4.90 Å². The van der Waals surface area contributed by atoms with Gasteiger partial charge < -0.3 is 4.90 Å². The highest BCUT2D eigenvalue weighted by Gasteiger charge is 2.17. The van der Waals surface area contributed by atoms with E-state index in [1.807, 2.05) is 0 Å². The van der Waals surface area contributed by atoms with Gasteiger partial charge in [0.1, 0.15) is 0 Å². The summed E-state index contributed by atoms with van der Waals surface area (Å²) >= 11 is 5.53. The minimum Gasteiger partial charge on any atom is -0.338 e. The zero-order valence-corrected chi connectivity index (χ0v) is 11.8. The van der Waals surface area contributed by atoms with E-state index in [2.05, 4.69) is 54.4 Å². The molecule has 0 saturated heterocycles. The van der Waals surface area contributed by atoms with E-state index in [-0.39, 0.29) is 0 Å². The fraction of sp³-hybridized carbons (Fsp3) is 0.438. The van der Waals surface area contributed by atoms with E-state index in [9.17, 15) is 0 Å². The van der Waals surface area contributed by atoms with E-state index in [0.717, 1.165) is 18.0 Å². The number of unbranched alkanes of at least 4 members (excludes halogenated alkanes) is 1. The van der Waals surface area contributed by atoms with Crippen LogP contribution in [0.2, 0.25) is 0 Å². The van der Waals surface area contributed by atoms with E-state index in [1.54, 1.807) is 0 Å². The Morgan fingerprint density at radius 2 is 2.06 bits per heavy atom. The summed E-state index contributed by atoms with van der Waals surface area (Å²) in [6, 6.07) is 10.5. The van der Waals surface area contributed by atoms with Crippen molar-refractivity contribution in [2.24, 2.45) is 5.92 Å². The molecule has 2 heteroatoms. The molecule has 1 aromatic rings. The van der Waals surface area contributed by atoms with Crippen LogP contribution in [0.1, 0.15) is 38.2 Å². The number of allylic oxidation sites excluding steroid dienone is 1. The summed E-state index contributed by atoms with van der Waals surface area (Å²) in [5.41, 5.74) is 1.32. The van der Waals surface area contributed by atoms with Crippen LogP contribution >= 0.6 is 12.2 Å². The third kappa shape index (κ3) is 3.67. The Morgan fingerprint density at radius 3 is 2.72 bits per heavy atom. The van der Waals surface area contributed by atoms with Crippen LogP contribution in [-0.2, 0) is 6.54 Å². The van der Waals surface area contributed by atoms with E-state index in [1.165, 1.54) is 24.8 Å². The lowest BCUT2D eigenvalue weighted by molar-refractivity contribution is 0.476. The largest absolute Gasteiger partial charge is 0.338 e. The zero-order chi connectivity index (χ0) is 12.8. The Morgan fingerprint density at radius 1 is 1.28 bits per heavy atom. The Labute approximate surface area is 116 Å². The van der Waals surface area contributed by atoms with Crippen LogP contribution in [0.3, 0.4) is 0 Å². The Kier molecular flexibility index (Phi) is 4.94. The summed E-state index contributed by atoms with van der Waals surface area (Å²) < 4.78 is 0. The summed E-state index contributed by atoms with van der Waals surface area (Å²) in [6.07, 6.45) is 9.39. The standard InChI is InChI=1S/C16H21NS/c1-2-3-7-14-10-11-17(16(18)12-14)13-15-8-5-4-6-9-15/h4-6,8-11,14H,2-3,7,12-13H2,1H3. The van der Waals surface area contributed by atoms with Gasteiger partial charge in [0.2, 0.25) is 0 Å². The second-order valence-corrected chi connectivity index (χ2v) is 5.43. The highest BCUT2D eigenvalue weighted by atomic mass is 32.1. The summed E-state index contributed by atoms with van der Waals surface area (Å²) in [7, 11) is 0. The van der Waals surface area contributed by atoms with E-state index < -0.39 is 0 Å².